The Morgan fingerprint density at radius 1 is 1.48 bits per heavy atom. The number of nitrogens with zero attached hydrogens (tertiary/aromatic N) is 2. The highest BCUT2D eigenvalue weighted by Crippen LogP contribution is 2.24. The van der Waals surface area contributed by atoms with Gasteiger partial charge in [-0.3, -0.25) is 9.89 Å². The standard InChI is InChI=1S/C16H23ClN4O.HI/c1-2-6-19-16(18)20-12-15(21-7-9-22-10-8-21)13-4-3-5-14(17)11-13;/h2-5,11,15H,1,6-10,12H2,(H3,18,19,20);1H. The summed E-state index contributed by atoms with van der Waals surface area (Å²) in [6.07, 6.45) is 1.75. The molecule has 1 fully saturated rings. The second-order valence-electron chi connectivity index (χ2n) is 5.11. The fraction of sp³-hybridized carbons (Fsp3) is 0.438. The summed E-state index contributed by atoms with van der Waals surface area (Å²) in [4.78, 5) is 6.81. The fourth-order valence-corrected chi connectivity index (χ4v) is 2.65. The van der Waals surface area contributed by atoms with Crippen molar-refractivity contribution in [1.82, 2.24) is 10.2 Å². The number of aliphatic imine (C=N–C) groups is 1. The normalized spacial score (nSPS) is 17.2. The van der Waals surface area contributed by atoms with Crippen molar-refractivity contribution >= 4 is 41.5 Å². The predicted molar refractivity (Wildman–Crippen MR) is 107 cm³/mol. The van der Waals surface area contributed by atoms with Gasteiger partial charge in [-0.15, -0.1) is 30.6 Å². The minimum Gasteiger partial charge on any atom is -0.379 e. The quantitative estimate of drug-likeness (QED) is 0.302. The number of nitrogens with two attached hydrogens (primary N) is 1. The molecule has 0 aliphatic carbocycles. The van der Waals surface area contributed by atoms with Crippen molar-refractivity contribution in [3.63, 3.8) is 0 Å². The lowest BCUT2D eigenvalue weighted by Gasteiger charge is -2.34. The molecule has 7 heteroatoms. The highest BCUT2D eigenvalue weighted by Gasteiger charge is 2.22. The van der Waals surface area contributed by atoms with Gasteiger partial charge < -0.3 is 15.8 Å². The third-order valence-electron chi connectivity index (χ3n) is 3.58. The Hall–Kier alpha value is -0.830. The first-order valence-electron chi connectivity index (χ1n) is 7.42. The topological polar surface area (TPSA) is 62.9 Å². The van der Waals surface area contributed by atoms with Crippen LogP contribution in [0.5, 0.6) is 0 Å². The molecule has 0 saturated carbocycles. The third kappa shape index (κ3) is 6.66. The van der Waals surface area contributed by atoms with Gasteiger partial charge >= 0.3 is 0 Å². The summed E-state index contributed by atoms with van der Waals surface area (Å²) in [5.74, 6) is 0.431. The highest BCUT2D eigenvalue weighted by molar-refractivity contribution is 14.0. The van der Waals surface area contributed by atoms with Gasteiger partial charge in [-0.05, 0) is 17.7 Å². The summed E-state index contributed by atoms with van der Waals surface area (Å²) in [6, 6.07) is 8.06. The number of morpholine rings is 1. The van der Waals surface area contributed by atoms with Crippen molar-refractivity contribution in [2.75, 3.05) is 39.4 Å². The zero-order valence-corrected chi connectivity index (χ0v) is 16.2. The van der Waals surface area contributed by atoms with Gasteiger partial charge in [-0.1, -0.05) is 29.8 Å². The largest absolute Gasteiger partial charge is 0.379 e. The summed E-state index contributed by atoms with van der Waals surface area (Å²) in [5.41, 5.74) is 7.02. The number of hydrogen-bond donors (Lipinski definition) is 2. The van der Waals surface area contributed by atoms with Crippen LogP contribution in [0.25, 0.3) is 0 Å². The monoisotopic (exact) mass is 450 g/mol. The number of halogens is 2. The number of guanidine groups is 1. The Morgan fingerprint density at radius 3 is 2.87 bits per heavy atom. The molecule has 128 valence electrons. The fourth-order valence-electron chi connectivity index (χ4n) is 2.45. The van der Waals surface area contributed by atoms with E-state index in [-0.39, 0.29) is 30.0 Å². The van der Waals surface area contributed by atoms with E-state index in [9.17, 15) is 0 Å². The van der Waals surface area contributed by atoms with E-state index in [0.717, 1.165) is 36.9 Å². The molecule has 3 N–H and O–H groups in total. The Balaban J connectivity index is 0.00000264. The van der Waals surface area contributed by atoms with Gasteiger partial charge in [0, 0.05) is 24.7 Å². The molecule has 1 aliphatic rings. The van der Waals surface area contributed by atoms with E-state index >= 15 is 0 Å². The molecule has 1 atom stereocenters. The van der Waals surface area contributed by atoms with Gasteiger partial charge in [-0.25, -0.2) is 0 Å². The average molecular weight is 451 g/mol. The number of benzene rings is 1. The van der Waals surface area contributed by atoms with E-state index in [1.807, 2.05) is 18.2 Å². The van der Waals surface area contributed by atoms with Crippen LogP contribution in [-0.2, 0) is 4.74 Å². The third-order valence-corrected chi connectivity index (χ3v) is 3.82. The van der Waals surface area contributed by atoms with Crippen LogP contribution < -0.4 is 11.1 Å². The van der Waals surface area contributed by atoms with Crippen molar-refractivity contribution < 1.29 is 4.74 Å². The summed E-state index contributed by atoms with van der Waals surface area (Å²) in [7, 11) is 0. The van der Waals surface area contributed by atoms with Gasteiger partial charge in [0.25, 0.3) is 0 Å². The van der Waals surface area contributed by atoms with Crippen LogP contribution in [0.2, 0.25) is 5.02 Å². The smallest absolute Gasteiger partial charge is 0.188 e. The van der Waals surface area contributed by atoms with E-state index in [1.54, 1.807) is 6.08 Å². The minimum atomic E-state index is 0. The number of ether oxygens (including phenoxy) is 1. The predicted octanol–water partition coefficient (Wildman–Crippen LogP) is 2.42. The summed E-state index contributed by atoms with van der Waals surface area (Å²) >= 11 is 6.13. The first-order valence-corrected chi connectivity index (χ1v) is 7.80. The van der Waals surface area contributed by atoms with Crippen molar-refractivity contribution in [3.05, 3.63) is 47.5 Å². The molecule has 5 nitrogen and oxygen atoms in total. The number of nitrogens with one attached hydrogen (secondary N) is 1. The van der Waals surface area contributed by atoms with Crippen molar-refractivity contribution in [2.24, 2.45) is 10.7 Å². The summed E-state index contributed by atoms with van der Waals surface area (Å²) in [5, 5.41) is 3.73. The van der Waals surface area contributed by atoms with E-state index in [1.165, 1.54) is 0 Å². The minimum absolute atomic E-state index is 0. The Bertz CT molecular complexity index is 521. The molecule has 1 unspecified atom stereocenters. The Labute approximate surface area is 159 Å². The van der Waals surface area contributed by atoms with Gasteiger partial charge in [0.05, 0.1) is 25.8 Å². The van der Waals surface area contributed by atoms with Crippen LogP contribution in [-0.4, -0.2) is 50.3 Å². The van der Waals surface area contributed by atoms with Crippen LogP contribution >= 0.6 is 35.6 Å². The zero-order valence-electron chi connectivity index (χ0n) is 13.1. The maximum atomic E-state index is 6.13. The molecular formula is C16H24ClIN4O. The first kappa shape index (κ1) is 20.2. The van der Waals surface area contributed by atoms with Gasteiger partial charge in [0.2, 0.25) is 0 Å². The lowest BCUT2D eigenvalue weighted by molar-refractivity contribution is 0.0180. The number of rotatable bonds is 6. The van der Waals surface area contributed by atoms with Crippen LogP contribution in [0.4, 0.5) is 0 Å². The van der Waals surface area contributed by atoms with Gasteiger partial charge in [0.15, 0.2) is 5.96 Å². The maximum absolute atomic E-state index is 6.13. The van der Waals surface area contributed by atoms with Crippen LogP contribution in [0.15, 0.2) is 41.9 Å². The molecular weight excluding hydrogens is 427 g/mol. The van der Waals surface area contributed by atoms with Gasteiger partial charge in [-0.2, -0.15) is 0 Å². The van der Waals surface area contributed by atoms with E-state index in [4.69, 9.17) is 22.1 Å². The lowest BCUT2D eigenvalue weighted by atomic mass is 10.0. The molecule has 1 heterocycles. The molecule has 23 heavy (non-hydrogen) atoms. The average Bonchev–Trinajstić information content (AvgIpc) is 2.54. The zero-order chi connectivity index (χ0) is 15.8. The highest BCUT2D eigenvalue weighted by atomic mass is 127. The Kier molecular flexibility index (Phi) is 9.54. The molecule has 0 amide bonds. The number of hydrogen-bond acceptors (Lipinski definition) is 3. The second-order valence-corrected chi connectivity index (χ2v) is 5.55. The molecule has 0 spiro atoms. The van der Waals surface area contributed by atoms with E-state index in [2.05, 4.69) is 27.9 Å². The van der Waals surface area contributed by atoms with Crippen molar-refractivity contribution in [3.8, 4) is 0 Å². The molecule has 2 rings (SSSR count). The molecule has 0 aromatic heterocycles. The Morgan fingerprint density at radius 2 is 2.22 bits per heavy atom. The molecule has 1 aliphatic heterocycles. The molecule has 1 saturated heterocycles. The lowest BCUT2D eigenvalue weighted by Crippen LogP contribution is -2.41. The molecule has 0 bridgehead atoms. The van der Waals surface area contributed by atoms with E-state index in [0.29, 0.717) is 19.0 Å². The van der Waals surface area contributed by atoms with Crippen LogP contribution in [0.1, 0.15) is 11.6 Å². The summed E-state index contributed by atoms with van der Waals surface area (Å²) in [6.45, 7) is 8.08. The maximum Gasteiger partial charge on any atom is 0.188 e. The SMILES string of the molecule is C=CCNC(N)=NCC(c1cccc(Cl)c1)N1CCOCC1.I. The molecule has 0 radical (unpaired) electrons. The van der Waals surface area contributed by atoms with Crippen molar-refractivity contribution in [1.29, 1.82) is 0 Å². The van der Waals surface area contributed by atoms with Crippen molar-refractivity contribution in [2.45, 2.75) is 6.04 Å². The summed E-state index contributed by atoms with van der Waals surface area (Å²) < 4.78 is 5.44. The molecule has 1 aromatic rings. The van der Waals surface area contributed by atoms with Crippen LogP contribution in [0, 0.1) is 0 Å². The second kappa shape index (κ2) is 10.9. The van der Waals surface area contributed by atoms with E-state index < -0.39 is 0 Å². The molecule has 1 aromatic carbocycles. The first-order chi connectivity index (χ1) is 10.7. The van der Waals surface area contributed by atoms with Crippen LogP contribution in [0.3, 0.4) is 0 Å². The van der Waals surface area contributed by atoms with Gasteiger partial charge in [0.1, 0.15) is 0 Å².